The lowest BCUT2D eigenvalue weighted by Gasteiger charge is -2.27. The molecule has 2 amide bonds. The van der Waals surface area contributed by atoms with Crippen molar-refractivity contribution in [2.24, 2.45) is 0 Å². The van der Waals surface area contributed by atoms with Crippen LogP contribution in [0.15, 0.2) is 0 Å². The molecular formula is C11H19N3O3. The summed E-state index contributed by atoms with van der Waals surface area (Å²) >= 11 is 0. The van der Waals surface area contributed by atoms with Crippen LogP contribution >= 0.6 is 0 Å². The molecule has 96 valence electrons. The van der Waals surface area contributed by atoms with Crippen LogP contribution in [-0.2, 0) is 4.79 Å². The zero-order valence-electron chi connectivity index (χ0n) is 9.82. The normalized spacial score (nSPS) is 20.9. The second-order valence-corrected chi connectivity index (χ2v) is 4.73. The number of nitrogens with zero attached hydrogens (tertiary/aromatic N) is 1. The molecule has 0 unspecified atom stereocenters. The second-order valence-electron chi connectivity index (χ2n) is 4.73. The Labute approximate surface area is 100 Å². The molecule has 1 aliphatic carbocycles. The van der Waals surface area contributed by atoms with Gasteiger partial charge in [-0.05, 0) is 38.8 Å². The molecule has 2 fully saturated rings. The van der Waals surface area contributed by atoms with E-state index < -0.39 is 5.97 Å². The maximum Gasteiger partial charge on any atom is 0.323 e. The van der Waals surface area contributed by atoms with Gasteiger partial charge in [0.2, 0.25) is 0 Å². The van der Waals surface area contributed by atoms with Crippen molar-refractivity contribution in [3.8, 4) is 0 Å². The highest BCUT2D eigenvalue weighted by molar-refractivity contribution is 5.80. The topological polar surface area (TPSA) is 81.7 Å². The lowest BCUT2D eigenvalue weighted by Crippen LogP contribution is -2.50. The number of piperidine rings is 1. The molecule has 2 aliphatic rings. The van der Waals surface area contributed by atoms with Crippen molar-refractivity contribution in [1.82, 2.24) is 15.5 Å². The van der Waals surface area contributed by atoms with Crippen molar-refractivity contribution < 1.29 is 14.7 Å². The molecule has 6 nitrogen and oxygen atoms in total. The number of carboxylic acid groups (broad SMARTS) is 1. The van der Waals surface area contributed by atoms with Crippen molar-refractivity contribution in [2.75, 3.05) is 19.6 Å². The van der Waals surface area contributed by atoms with Gasteiger partial charge in [0, 0.05) is 12.1 Å². The number of hydrogen-bond donors (Lipinski definition) is 3. The van der Waals surface area contributed by atoms with Gasteiger partial charge < -0.3 is 20.6 Å². The predicted molar refractivity (Wildman–Crippen MR) is 61.8 cm³/mol. The number of carboxylic acids is 1. The highest BCUT2D eigenvalue weighted by Gasteiger charge is 2.34. The number of carbonyl (C=O) groups excluding carboxylic acids is 1. The molecule has 0 radical (unpaired) electrons. The highest BCUT2D eigenvalue weighted by Crippen LogP contribution is 2.26. The van der Waals surface area contributed by atoms with Gasteiger partial charge >= 0.3 is 12.0 Å². The highest BCUT2D eigenvalue weighted by atomic mass is 16.4. The fourth-order valence-corrected chi connectivity index (χ4v) is 2.12. The summed E-state index contributed by atoms with van der Waals surface area (Å²) in [6, 6.07) is 0.0911. The van der Waals surface area contributed by atoms with Crippen molar-refractivity contribution in [3.63, 3.8) is 0 Å². The van der Waals surface area contributed by atoms with Gasteiger partial charge in [0.25, 0.3) is 0 Å². The van der Waals surface area contributed by atoms with E-state index in [1.165, 1.54) is 4.90 Å². The van der Waals surface area contributed by atoms with E-state index in [9.17, 15) is 9.59 Å². The fourth-order valence-electron chi connectivity index (χ4n) is 2.12. The molecule has 1 saturated heterocycles. The SMILES string of the molecule is O=C(O)CN(C(=O)NC1CCNCC1)C1CC1. The molecule has 0 aromatic rings. The monoisotopic (exact) mass is 241 g/mol. The Balaban J connectivity index is 1.84. The van der Waals surface area contributed by atoms with Crippen molar-refractivity contribution in [1.29, 1.82) is 0 Å². The lowest BCUT2D eigenvalue weighted by molar-refractivity contribution is -0.137. The van der Waals surface area contributed by atoms with Gasteiger partial charge in [0.15, 0.2) is 0 Å². The van der Waals surface area contributed by atoms with E-state index in [4.69, 9.17) is 5.11 Å². The number of hydrogen-bond acceptors (Lipinski definition) is 3. The first-order chi connectivity index (χ1) is 8.16. The summed E-state index contributed by atoms with van der Waals surface area (Å²) in [6.45, 7) is 1.63. The maximum absolute atomic E-state index is 12.0. The minimum Gasteiger partial charge on any atom is -0.480 e. The quantitative estimate of drug-likeness (QED) is 0.647. The maximum atomic E-state index is 12.0. The number of rotatable bonds is 4. The largest absolute Gasteiger partial charge is 0.480 e. The van der Waals surface area contributed by atoms with Crippen LogP contribution < -0.4 is 10.6 Å². The van der Waals surface area contributed by atoms with Gasteiger partial charge in [-0.25, -0.2) is 4.79 Å². The van der Waals surface area contributed by atoms with E-state index in [0.717, 1.165) is 38.8 Å². The van der Waals surface area contributed by atoms with Crippen LogP contribution in [0.25, 0.3) is 0 Å². The number of urea groups is 1. The molecule has 2 rings (SSSR count). The summed E-state index contributed by atoms with van der Waals surface area (Å²) in [7, 11) is 0. The van der Waals surface area contributed by atoms with Crippen LogP contribution in [0.4, 0.5) is 4.79 Å². The van der Waals surface area contributed by atoms with E-state index in [-0.39, 0.29) is 24.7 Å². The van der Waals surface area contributed by atoms with E-state index >= 15 is 0 Å². The van der Waals surface area contributed by atoms with E-state index in [2.05, 4.69) is 10.6 Å². The van der Waals surface area contributed by atoms with E-state index in [1.54, 1.807) is 0 Å². The Hall–Kier alpha value is -1.30. The summed E-state index contributed by atoms with van der Waals surface area (Å²) in [5.41, 5.74) is 0. The molecule has 1 heterocycles. The second kappa shape index (κ2) is 5.35. The summed E-state index contributed by atoms with van der Waals surface area (Å²) in [4.78, 5) is 24.1. The predicted octanol–water partition coefficient (Wildman–Crippen LogP) is -0.00300. The van der Waals surface area contributed by atoms with Gasteiger partial charge in [0.05, 0.1) is 0 Å². The lowest BCUT2D eigenvalue weighted by atomic mass is 10.1. The molecule has 17 heavy (non-hydrogen) atoms. The summed E-state index contributed by atoms with van der Waals surface area (Å²) in [6.07, 6.45) is 3.68. The molecule has 3 N–H and O–H groups in total. The average Bonchev–Trinajstić information content (AvgIpc) is 3.10. The van der Waals surface area contributed by atoms with E-state index in [1.807, 2.05) is 0 Å². The average molecular weight is 241 g/mol. The number of aliphatic carboxylic acids is 1. The smallest absolute Gasteiger partial charge is 0.323 e. The number of amides is 2. The Kier molecular flexibility index (Phi) is 3.83. The zero-order chi connectivity index (χ0) is 12.3. The number of nitrogens with one attached hydrogen (secondary N) is 2. The molecule has 6 heteroatoms. The molecule has 0 aromatic carbocycles. The van der Waals surface area contributed by atoms with Crippen LogP contribution in [0.1, 0.15) is 25.7 Å². The molecule has 0 spiro atoms. The van der Waals surface area contributed by atoms with Crippen LogP contribution in [-0.4, -0.2) is 53.7 Å². The molecular weight excluding hydrogens is 222 g/mol. The van der Waals surface area contributed by atoms with Gasteiger partial charge in [0.1, 0.15) is 6.54 Å². The first-order valence-electron chi connectivity index (χ1n) is 6.16. The van der Waals surface area contributed by atoms with Crippen molar-refractivity contribution >= 4 is 12.0 Å². The van der Waals surface area contributed by atoms with Crippen LogP contribution in [0.5, 0.6) is 0 Å². The van der Waals surface area contributed by atoms with Crippen LogP contribution in [0.2, 0.25) is 0 Å². The third-order valence-electron chi connectivity index (χ3n) is 3.22. The number of carbonyl (C=O) groups is 2. The van der Waals surface area contributed by atoms with Gasteiger partial charge in [-0.2, -0.15) is 0 Å². The van der Waals surface area contributed by atoms with Crippen LogP contribution in [0.3, 0.4) is 0 Å². The van der Waals surface area contributed by atoms with Crippen molar-refractivity contribution in [2.45, 2.75) is 37.8 Å². The van der Waals surface area contributed by atoms with Crippen LogP contribution in [0, 0.1) is 0 Å². The first-order valence-corrected chi connectivity index (χ1v) is 6.16. The third kappa shape index (κ3) is 3.59. The fraction of sp³-hybridized carbons (Fsp3) is 0.818. The van der Waals surface area contributed by atoms with Gasteiger partial charge in [-0.15, -0.1) is 0 Å². The minimum atomic E-state index is -0.947. The molecule has 1 aliphatic heterocycles. The van der Waals surface area contributed by atoms with E-state index in [0.29, 0.717) is 0 Å². The molecule has 0 bridgehead atoms. The Bertz CT molecular complexity index is 298. The molecule has 0 atom stereocenters. The standard InChI is InChI=1S/C11H19N3O3/c15-10(16)7-14(9-1-2-9)11(17)13-8-3-5-12-6-4-8/h8-9,12H,1-7H2,(H,13,17)(H,15,16). The van der Waals surface area contributed by atoms with Gasteiger partial charge in [-0.3, -0.25) is 4.79 Å². The molecule has 0 aromatic heterocycles. The molecule has 1 saturated carbocycles. The Morgan fingerprint density at radius 3 is 2.41 bits per heavy atom. The summed E-state index contributed by atoms with van der Waals surface area (Å²) < 4.78 is 0. The van der Waals surface area contributed by atoms with Gasteiger partial charge in [-0.1, -0.05) is 0 Å². The first kappa shape index (κ1) is 12.2. The Morgan fingerprint density at radius 2 is 1.88 bits per heavy atom. The summed E-state index contributed by atoms with van der Waals surface area (Å²) in [5, 5.41) is 14.9. The minimum absolute atomic E-state index is 0.132. The van der Waals surface area contributed by atoms with Crippen molar-refractivity contribution in [3.05, 3.63) is 0 Å². The third-order valence-corrected chi connectivity index (χ3v) is 3.22. The summed E-state index contributed by atoms with van der Waals surface area (Å²) in [5.74, 6) is -0.947. The Morgan fingerprint density at radius 1 is 1.24 bits per heavy atom. The zero-order valence-corrected chi connectivity index (χ0v) is 9.82.